The normalized spacial score (nSPS) is 18.5. The van der Waals surface area contributed by atoms with Gasteiger partial charge in [0, 0.05) is 31.0 Å². The van der Waals surface area contributed by atoms with E-state index in [1.54, 1.807) is 12.1 Å². The van der Waals surface area contributed by atoms with Crippen LogP contribution < -0.4 is 10.6 Å². The van der Waals surface area contributed by atoms with Crippen LogP contribution in [-0.2, 0) is 14.4 Å². The molecular weight excluding hydrogens is 312 g/mol. The van der Waals surface area contributed by atoms with E-state index in [-0.39, 0.29) is 23.7 Å². The van der Waals surface area contributed by atoms with Crippen molar-refractivity contribution in [2.75, 3.05) is 5.32 Å². The molecule has 7 nitrogen and oxygen atoms in total. The number of hydrogen-bond acceptors (Lipinski definition) is 4. The van der Waals surface area contributed by atoms with Crippen molar-refractivity contribution in [2.45, 2.75) is 38.6 Å². The number of Topliss-reactive ketones (excluding diaryl/α,β-unsaturated/α-hetero) is 1. The quantitative estimate of drug-likeness (QED) is 0.758. The van der Waals surface area contributed by atoms with Gasteiger partial charge in [0.05, 0.1) is 0 Å². The summed E-state index contributed by atoms with van der Waals surface area (Å²) in [6.45, 7) is 1.35. The van der Waals surface area contributed by atoms with Crippen LogP contribution in [0.3, 0.4) is 0 Å². The first-order valence-corrected chi connectivity index (χ1v) is 7.80. The lowest BCUT2D eigenvalue weighted by atomic mass is 9.83. The van der Waals surface area contributed by atoms with E-state index in [4.69, 9.17) is 0 Å². The number of carboxylic acid groups (broad SMARTS) is 1. The lowest BCUT2D eigenvalue weighted by molar-refractivity contribution is -0.141. The summed E-state index contributed by atoms with van der Waals surface area (Å²) in [5.74, 6) is -2.34. The van der Waals surface area contributed by atoms with E-state index in [2.05, 4.69) is 10.6 Å². The molecule has 0 unspecified atom stereocenters. The molecule has 1 aromatic rings. The van der Waals surface area contributed by atoms with Crippen molar-refractivity contribution in [2.24, 2.45) is 5.92 Å². The van der Waals surface area contributed by atoms with Crippen molar-refractivity contribution >= 4 is 29.3 Å². The molecule has 1 aliphatic carbocycles. The lowest BCUT2D eigenvalue weighted by Gasteiger charge is -2.27. The van der Waals surface area contributed by atoms with Crippen molar-refractivity contribution in [1.29, 1.82) is 0 Å². The Hall–Kier alpha value is -2.70. The fraction of sp³-hybridized carbons (Fsp3) is 0.412. The average molecular weight is 332 g/mol. The molecule has 7 heteroatoms. The second-order valence-electron chi connectivity index (χ2n) is 5.95. The van der Waals surface area contributed by atoms with Gasteiger partial charge in [-0.05, 0) is 37.0 Å². The summed E-state index contributed by atoms with van der Waals surface area (Å²) >= 11 is 0. The van der Waals surface area contributed by atoms with Gasteiger partial charge in [0.15, 0.2) is 0 Å². The Kier molecular flexibility index (Phi) is 5.68. The predicted octanol–water partition coefficient (Wildman–Crippen LogP) is 1.59. The van der Waals surface area contributed by atoms with Gasteiger partial charge < -0.3 is 15.7 Å². The third kappa shape index (κ3) is 4.65. The highest BCUT2D eigenvalue weighted by atomic mass is 16.4. The van der Waals surface area contributed by atoms with E-state index >= 15 is 0 Å². The zero-order chi connectivity index (χ0) is 17.7. The molecule has 1 fully saturated rings. The van der Waals surface area contributed by atoms with Crippen molar-refractivity contribution < 1.29 is 24.3 Å². The molecule has 24 heavy (non-hydrogen) atoms. The van der Waals surface area contributed by atoms with Gasteiger partial charge in [-0.15, -0.1) is 0 Å². The summed E-state index contributed by atoms with van der Waals surface area (Å²) < 4.78 is 0. The molecule has 0 radical (unpaired) electrons. The van der Waals surface area contributed by atoms with E-state index in [1.807, 2.05) is 0 Å². The highest BCUT2D eigenvalue weighted by molar-refractivity contribution is 5.98. The van der Waals surface area contributed by atoms with Crippen LogP contribution in [0.5, 0.6) is 0 Å². The molecule has 0 spiro atoms. The Morgan fingerprint density at radius 2 is 2.04 bits per heavy atom. The van der Waals surface area contributed by atoms with Crippen LogP contribution in [0.25, 0.3) is 0 Å². The van der Waals surface area contributed by atoms with Crippen LogP contribution >= 0.6 is 0 Å². The van der Waals surface area contributed by atoms with Gasteiger partial charge in [0.25, 0.3) is 5.91 Å². The van der Waals surface area contributed by atoms with Crippen molar-refractivity contribution in [1.82, 2.24) is 5.32 Å². The maximum Gasteiger partial charge on any atom is 0.326 e. The number of aliphatic carboxylic acids is 1. The van der Waals surface area contributed by atoms with E-state index in [9.17, 15) is 24.3 Å². The Labute approximate surface area is 139 Å². The van der Waals surface area contributed by atoms with Crippen molar-refractivity contribution in [3.05, 3.63) is 29.8 Å². The molecule has 0 saturated heterocycles. The molecule has 2 amide bonds. The van der Waals surface area contributed by atoms with Crippen LogP contribution in [0, 0.1) is 5.92 Å². The monoisotopic (exact) mass is 332 g/mol. The van der Waals surface area contributed by atoms with Crippen LogP contribution in [-0.4, -0.2) is 34.7 Å². The first kappa shape index (κ1) is 17.7. The Morgan fingerprint density at radius 3 is 2.67 bits per heavy atom. The van der Waals surface area contributed by atoms with Gasteiger partial charge >= 0.3 is 5.97 Å². The van der Waals surface area contributed by atoms with Crippen molar-refractivity contribution in [3.8, 4) is 0 Å². The number of hydrogen-bond donors (Lipinski definition) is 3. The predicted molar refractivity (Wildman–Crippen MR) is 86.6 cm³/mol. The Morgan fingerprint density at radius 1 is 1.29 bits per heavy atom. The second-order valence-corrected chi connectivity index (χ2v) is 5.95. The van der Waals surface area contributed by atoms with E-state index in [1.165, 1.54) is 19.1 Å². The van der Waals surface area contributed by atoms with Crippen LogP contribution in [0.2, 0.25) is 0 Å². The fourth-order valence-corrected chi connectivity index (χ4v) is 2.89. The SMILES string of the molecule is CC(=O)Nc1cccc(C(=O)N[C@H](C(=O)O)[C@@H]2CCCC(=O)C2)c1. The minimum absolute atomic E-state index is 0.0272. The average Bonchev–Trinajstić information content (AvgIpc) is 2.51. The van der Waals surface area contributed by atoms with E-state index in [0.717, 1.165) is 0 Å². The molecule has 1 aliphatic rings. The van der Waals surface area contributed by atoms with Gasteiger partial charge in [0.2, 0.25) is 5.91 Å². The summed E-state index contributed by atoms with van der Waals surface area (Å²) in [6.07, 6.45) is 1.87. The third-order valence-electron chi connectivity index (χ3n) is 3.99. The molecule has 0 heterocycles. The molecular formula is C17H20N2O5. The minimum Gasteiger partial charge on any atom is -0.480 e. The molecule has 3 N–H and O–H groups in total. The fourth-order valence-electron chi connectivity index (χ4n) is 2.89. The number of carbonyl (C=O) groups is 4. The zero-order valence-electron chi connectivity index (χ0n) is 13.4. The van der Waals surface area contributed by atoms with Gasteiger partial charge in [-0.3, -0.25) is 14.4 Å². The number of carbonyl (C=O) groups excluding carboxylic acids is 3. The summed E-state index contributed by atoms with van der Waals surface area (Å²) in [5.41, 5.74) is 0.699. The number of anilines is 1. The van der Waals surface area contributed by atoms with Crippen LogP contribution in [0.1, 0.15) is 43.0 Å². The van der Waals surface area contributed by atoms with Crippen LogP contribution in [0.4, 0.5) is 5.69 Å². The molecule has 0 aromatic heterocycles. The number of ketones is 1. The molecule has 2 rings (SSSR count). The molecule has 128 valence electrons. The molecule has 0 aliphatic heterocycles. The van der Waals surface area contributed by atoms with Gasteiger partial charge in [-0.1, -0.05) is 6.07 Å². The molecule has 0 bridgehead atoms. The number of rotatable bonds is 5. The highest BCUT2D eigenvalue weighted by Gasteiger charge is 2.33. The summed E-state index contributed by atoms with van der Waals surface area (Å²) in [4.78, 5) is 46.5. The first-order valence-electron chi connectivity index (χ1n) is 7.80. The van der Waals surface area contributed by atoms with Gasteiger partial charge in [-0.2, -0.15) is 0 Å². The maximum absolute atomic E-state index is 12.3. The second kappa shape index (κ2) is 7.72. The Bertz CT molecular complexity index is 671. The zero-order valence-corrected chi connectivity index (χ0v) is 13.4. The Balaban J connectivity index is 2.11. The first-order chi connectivity index (χ1) is 11.4. The van der Waals surface area contributed by atoms with Crippen molar-refractivity contribution in [3.63, 3.8) is 0 Å². The number of nitrogens with one attached hydrogen (secondary N) is 2. The molecule has 2 atom stereocenters. The van der Waals surface area contributed by atoms with Gasteiger partial charge in [-0.25, -0.2) is 4.79 Å². The van der Waals surface area contributed by atoms with E-state index < -0.39 is 23.8 Å². The smallest absolute Gasteiger partial charge is 0.326 e. The number of amides is 2. The van der Waals surface area contributed by atoms with Gasteiger partial charge in [0.1, 0.15) is 11.8 Å². The third-order valence-corrected chi connectivity index (χ3v) is 3.99. The molecule has 1 aromatic carbocycles. The minimum atomic E-state index is -1.15. The maximum atomic E-state index is 12.3. The number of carboxylic acids is 1. The largest absolute Gasteiger partial charge is 0.480 e. The van der Waals surface area contributed by atoms with Crippen LogP contribution in [0.15, 0.2) is 24.3 Å². The summed E-state index contributed by atoms with van der Waals surface area (Å²) in [7, 11) is 0. The summed E-state index contributed by atoms with van der Waals surface area (Å²) in [6, 6.07) is 5.13. The topological polar surface area (TPSA) is 113 Å². The lowest BCUT2D eigenvalue weighted by Crippen LogP contribution is -2.47. The van der Waals surface area contributed by atoms with E-state index in [0.29, 0.717) is 24.9 Å². The number of benzene rings is 1. The molecule has 1 saturated carbocycles. The summed E-state index contributed by atoms with van der Waals surface area (Å²) in [5, 5.41) is 14.5. The highest BCUT2D eigenvalue weighted by Crippen LogP contribution is 2.25. The standard InChI is InChI=1S/C17H20N2O5/c1-10(20)18-13-6-2-5-12(8-13)16(22)19-15(17(23)24)11-4-3-7-14(21)9-11/h2,5-6,8,11,15H,3-4,7,9H2,1H3,(H,18,20)(H,19,22)(H,23,24)/t11-,15+/m1/s1.